The van der Waals surface area contributed by atoms with Crippen molar-refractivity contribution in [1.82, 2.24) is 0 Å². The molecule has 0 saturated carbocycles. The van der Waals surface area contributed by atoms with Crippen molar-refractivity contribution in [2.24, 2.45) is 0 Å². The van der Waals surface area contributed by atoms with Gasteiger partial charge in [-0.25, -0.2) is 4.79 Å². The van der Waals surface area contributed by atoms with Crippen LogP contribution in [0.15, 0.2) is 56.7 Å². The zero-order valence-corrected chi connectivity index (χ0v) is 21.2. The molecule has 192 valence electrons. The Morgan fingerprint density at radius 3 is 2.47 bits per heavy atom. The molecular formula is C26H31N2O7S+. The Morgan fingerprint density at radius 1 is 1.06 bits per heavy atom. The number of aromatic nitrogens is 1. The van der Waals surface area contributed by atoms with Crippen LogP contribution < -0.4 is 15.1 Å². The average Bonchev–Trinajstić information content (AvgIpc) is 2.83. The van der Waals surface area contributed by atoms with Crippen LogP contribution in [0.4, 0.5) is 5.69 Å². The molecule has 0 spiro atoms. The first-order valence-electron chi connectivity index (χ1n) is 11.9. The van der Waals surface area contributed by atoms with Gasteiger partial charge in [0.25, 0.3) is 10.1 Å². The Labute approximate surface area is 210 Å². The second-order valence-corrected chi connectivity index (χ2v) is 9.80. The normalized spacial score (nSPS) is 11.9. The molecule has 3 aromatic rings. The van der Waals surface area contributed by atoms with Gasteiger partial charge < -0.3 is 14.4 Å². The molecule has 0 aliphatic rings. The highest BCUT2D eigenvalue weighted by Crippen LogP contribution is 2.22. The van der Waals surface area contributed by atoms with Gasteiger partial charge in [-0.3, -0.25) is 9.35 Å². The van der Waals surface area contributed by atoms with E-state index in [9.17, 15) is 22.6 Å². The van der Waals surface area contributed by atoms with E-state index in [1.54, 1.807) is 22.8 Å². The van der Waals surface area contributed by atoms with Gasteiger partial charge in [0, 0.05) is 55.2 Å². The topological polar surface area (TPSA) is 129 Å². The number of carboxylic acids is 1. The highest BCUT2D eigenvalue weighted by atomic mass is 32.2. The van der Waals surface area contributed by atoms with Gasteiger partial charge in [0.15, 0.2) is 11.1 Å². The van der Waals surface area contributed by atoms with E-state index in [4.69, 9.17) is 9.52 Å². The molecule has 0 radical (unpaired) electrons. The number of fused-ring (bicyclic) bond motifs is 1. The van der Waals surface area contributed by atoms with E-state index in [2.05, 4.69) is 18.7 Å². The molecule has 36 heavy (non-hydrogen) atoms. The molecule has 9 nitrogen and oxygen atoms in total. The SMILES string of the molecule is CCN(CC)c1ccc2cc(/C=C/c3ccc(S(=O)(=O)O)c[n+]3CCCCCC(=O)O)c(=O)oc2c1. The Balaban J connectivity index is 1.89. The molecule has 0 aliphatic carbocycles. The Kier molecular flexibility index (Phi) is 9.00. The predicted molar refractivity (Wildman–Crippen MR) is 138 cm³/mol. The van der Waals surface area contributed by atoms with E-state index in [0.717, 1.165) is 24.2 Å². The number of aliphatic carboxylic acids is 1. The second kappa shape index (κ2) is 12.0. The zero-order valence-electron chi connectivity index (χ0n) is 20.4. The number of hydrogen-bond acceptors (Lipinski definition) is 6. The van der Waals surface area contributed by atoms with Crippen LogP contribution in [0.25, 0.3) is 23.1 Å². The van der Waals surface area contributed by atoms with Gasteiger partial charge in [-0.2, -0.15) is 13.0 Å². The molecule has 0 atom stereocenters. The molecule has 2 N–H and O–H groups in total. The molecule has 10 heteroatoms. The highest BCUT2D eigenvalue weighted by Gasteiger charge is 2.18. The van der Waals surface area contributed by atoms with Crippen molar-refractivity contribution in [3.05, 3.63) is 64.3 Å². The number of anilines is 1. The number of pyridine rings is 1. The molecule has 1 aromatic carbocycles. The Morgan fingerprint density at radius 2 is 1.81 bits per heavy atom. The fourth-order valence-corrected chi connectivity index (χ4v) is 4.46. The summed E-state index contributed by atoms with van der Waals surface area (Å²) in [4.78, 5) is 25.3. The first-order chi connectivity index (χ1) is 17.1. The van der Waals surface area contributed by atoms with Crippen LogP contribution in [-0.2, 0) is 21.5 Å². The second-order valence-electron chi connectivity index (χ2n) is 8.38. The third kappa shape index (κ3) is 7.02. The lowest BCUT2D eigenvalue weighted by molar-refractivity contribution is -0.700. The van der Waals surface area contributed by atoms with Crippen LogP contribution in [0.1, 0.15) is 50.8 Å². The highest BCUT2D eigenvalue weighted by molar-refractivity contribution is 7.85. The molecule has 0 fully saturated rings. The lowest BCUT2D eigenvalue weighted by Crippen LogP contribution is -2.37. The maximum absolute atomic E-state index is 12.6. The molecule has 2 aromatic heterocycles. The smallest absolute Gasteiger partial charge is 0.343 e. The minimum absolute atomic E-state index is 0.0661. The number of hydrogen-bond donors (Lipinski definition) is 2. The van der Waals surface area contributed by atoms with Crippen LogP contribution in [-0.4, -0.2) is 37.1 Å². The fourth-order valence-electron chi connectivity index (χ4n) is 3.96. The lowest BCUT2D eigenvalue weighted by atomic mass is 10.1. The van der Waals surface area contributed by atoms with Crippen LogP contribution in [0.3, 0.4) is 0 Å². The van der Waals surface area contributed by atoms with Crippen molar-refractivity contribution in [2.75, 3.05) is 18.0 Å². The van der Waals surface area contributed by atoms with E-state index in [-0.39, 0.29) is 11.3 Å². The van der Waals surface area contributed by atoms with E-state index >= 15 is 0 Å². The maximum Gasteiger partial charge on any atom is 0.343 e. The number of carbonyl (C=O) groups is 1. The number of aryl methyl sites for hydroxylation is 1. The first kappa shape index (κ1) is 27.1. The van der Waals surface area contributed by atoms with Crippen molar-refractivity contribution in [2.45, 2.75) is 51.0 Å². The van der Waals surface area contributed by atoms with E-state index in [1.165, 1.54) is 18.3 Å². The largest absolute Gasteiger partial charge is 0.481 e. The summed E-state index contributed by atoms with van der Waals surface area (Å²) >= 11 is 0. The third-order valence-corrected chi connectivity index (χ3v) is 6.77. The van der Waals surface area contributed by atoms with Gasteiger partial charge in [0.05, 0.1) is 5.56 Å². The number of carboxylic acid groups (broad SMARTS) is 1. The van der Waals surface area contributed by atoms with Gasteiger partial charge in [0.2, 0.25) is 5.69 Å². The minimum Gasteiger partial charge on any atom is -0.481 e. The summed E-state index contributed by atoms with van der Waals surface area (Å²) < 4.78 is 39.8. The van der Waals surface area contributed by atoms with Crippen molar-refractivity contribution in [3.8, 4) is 0 Å². The van der Waals surface area contributed by atoms with Crippen LogP contribution >= 0.6 is 0 Å². The summed E-state index contributed by atoms with van der Waals surface area (Å²) in [6.45, 7) is 6.19. The third-order valence-electron chi connectivity index (χ3n) is 5.93. The van der Waals surface area contributed by atoms with E-state index < -0.39 is 21.7 Å². The van der Waals surface area contributed by atoms with Crippen molar-refractivity contribution < 1.29 is 31.9 Å². The van der Waals surface area contributed by atoms with E-state index in [0.29, 0.717) is 42.6 Å². The first-order valence-corrected chi connectivity index (χ1v) is 13.3. The summed E-state index contributed by atoms with van der Waals surface area (Å²) in [5, 5.41) is 9.56. The summed E-state index contributed by atoms with van der Waals surface area (Å²) in [7, 11) is -4.39. The summed E-state index contributed by atoms with van der Waals surface area (Å²) in [6, 6.07) is 10.3. The van der Waals surface area contributed by atoms with Crippen LogP contribution in [0.2, 0.25) is 0 Å². The summed E-state index contributed by atoms with van der Waals surface area (Å²) in [6.07, 6.45) is 6.43. The number of benzene rings is 1. The quantitative estimate of drug-likeness (QED) is 0.160. The molecule has 0 bridgehead atoms. The van der Waals surface area contributed by atoms with Crippen LogP contribution in [0.5, 0.6) is 0 Å². The van der Waals surface area contributed by atoms with Gasteiger partial charge >= 0.3 is 11.6 Å². The van der Waals surface area contributed by atoms with Crippen molar-refractivity contribution >= 4 is 44.9 Å². The molecule has 2 heterocycles. The average molecular weight is 516 g/mol. The monoisotopic (exact) mass is 515 g/mol. The van der Waals surface area contributed by atoms with Gasteiger partial charge in [-0.1, -0.05) is 0 Å². The molecular weight excluding hydrogens is 484 g/mol. The minimum atomic E-state index is -4.39. The maximum atomic E-state index is 12.6. The molecule has 3 rings (SSSR count). The Hall–Kier alpha value is -3.50. The number of rotatable bonds is 12. The van der Waals surface area contributed by atoms with Crippen molar-refractivity contribution in [1.29, 1.82) is 0 Å². The molecule has 0 amide bonds. The number of nitrogens with zero attached hydrogens (tertiary/aromatic N) is 2. The summed E-state index contributed by atoms with van der Waals surface area (Å²) in [5.41, 5.74) is 1.92. The predicted octanol–water partition coefficient (Wildman–Crippen LogP) is 3.99. The van der Waals surface area contributed by atoms with E-state index in [1.807, 2.05) is 18.2 Å². The van der Waals surface area contributed by atoms with Crippen molar-refractivity contribution in [3.63, 3.8) is 0 Å². The lowest BCUT2D eigenvalue weighted by Gasteiger charge is -2.20. The standard InChI is InChI=1S/C26H30N2O7S/c1-3-27(4-2)22-12-9-19-16-20(26(31)35-24(19)17-22)10-11-21-13-14-23(36(32,33)34)18-28(21)15-7-5-6-8-25(29)30/h9-14,16-18H,3-8,15H2,1-2H3,(H-,29,30,32,33,34)/p+1. The molecule has 0 aliphatic heterocycles. The van der Waals surface area contributed by atoms with Crippen LogP contribution in [0, 0.1) is 0 Å². The Bertz CT molecular complexity index is 1420. The fraction of sp³-hybridized carbons (Fsp3) is 0.346. The summed E-state index contributed by atoms with van der Waals surface area (Å²) in [5.74, 6) is -0.863. The van der Waals surface area contributed by atoms with Gasteiger partial charge in [-0.05, 0) is 57.0 Å². The molecule has 0 saturated heterocycles. The number of unbranched alkanes of at least 4 members (excludes halogenated alkanes) is 2. The zero-order chi connectivity index (χ0) is 26.3. The molecule has 0 unspecified atom stereocenters. The van der Waals surface area contributed by atoms with Gasteiger partial charge in [-0.15, -0.1) is 0 Å². The van der Waals surface area contributed by atoms with Gasteiger partial charge in [0.1, 0.15) is 12.1 Å².